The molecule has 0 aliphatic rings. The van der Waals surface area contributed by atoms with Gasteiger partial charge in [-0.2, -0.15) is 0 Å². The van der Waals surface area contributed by atoms with E-state index in [1.54, 1.807) is 6.20 Å². The molecule has 1 N–H and O–H groups in total. The van der Waals surface area contributed by atoms with Crippen molar-refractivity contribution in [1.29, 1.82) is 0 Å². The number of aryl methyl sites for hydroxylation is 1. The summed E-state index contributed by atoms with van der Waals surface area (Å²) in [5.74, 6) is 0.344. The van der Waals surface area contributed by atoms with Crippen LogP contribution >= 0.6 is 0 Å². The minimum atomic E-state index is -0.195. The van der Waals surface area contributed by atoms with Gasteiger partial charge < -0.3 is 5.32 Å². The highest BCUT2D eigenvalue weighted by atomic mass is 16.1. The average Bonchev–Trinajstić information content (AvgIpc) is 2.68. The summed E-state index contributed by atoms with van der Waals surface area (Å²) in [4.78, 5) is 21.9. The molecule has 26 heavy (non-hydrogen) atoms. The monoisotopic (exact) mass is 339 g/mol. The van der Waals surface area contributed by atoms with E-state index < -0.39 is 0 Å². The molecule has 0 aliphatic carbocycles. The number of anilines is 1. The van der Waals surface area contributed by atoms with Gasteiger partial charge in [0.15, 0.2) is 0 Å². The number of aromatic nitrogens is 2. The summed E-state index contributed by atoms with van der Waals surface area (Å²) in [6.45, 7) is 1.96. The number of carbonyl (C=O) groups is 1. The number of fused-ring (bicyclic) bond motifs is 1. The van der Waals surface area contributed by atoms with Gasteiger partial charge in [-0.25, -0.2) is 9.97 Å². The molecular formula is C22H17N3O. The summed E-state index contributed by atoms with van der Waals surface area (Å²) >= 11 is 0. The molecule has 2 heterocycles. The number of hydrogen-bond acceptors (Lipinski definition) is 3. The van der Waals surface area contributed by atoms with Crippen molar-refractivity contribution in [3.8, 4) is 11.3 Å². The Balaban J connectivity index is 1.81. The minimum Gasteiger partial charge on any atom is -0.307 e. The van der Waals surface area contributed by atoms with Crippen molar-refractivity contribution < 1.29 is 4.79 Å². The molecule has 1 amide bonds. The van der Waals surface area contributed by atoms with Gasteiger partial charge in [-0.1, -0.05) is 48.5 Å². The number of amides is 1. The fourth-order valence-corrected chi connectivity index (χ4v) is 2.91. The molecule has 0 bridgehead atoms. The molecular weight excluding hydrogens is 322 g/mol. The van der Waals surface area contributed by atoms with Crippen LogP contribution in [0.2, 0.25) is 0 Å². The number of hydrogen-bond donors (Lipinski definition) is 1. The molecule has 126 valence electrons. The first kappa shape index (κ1) is 16.0. The first-order chi connectivity index (χ1) is 12.7. The summed E-state index contributed by atoms with van der Waals surface area (Å²) in [5.41, 5.74) is 4.15. The standard InChI is InChI=1S/C22H17N3O/c1-15-11-12-23-21(13-15)25-22(26)18-14-20(16-7-3-2-4-8-16)24-19-10-6-5-9-17(18)19/h2-14H,1H3,(H,23,25,26). The zero-order valence-electron chi connectivity index (χ0n) is 14.3. The van der Waals surface area contributed by atoms with Crippen molar-refractivity contribution in [2.45, 2.75) is 6.92 Å². The first-order valence-electron chi connectivity index (χ1n) is 8.40. The average molecular weight is 339 g/mol. The van der Waals surface area contributed by atoms with E-state index in [0.717, 1.165) is 27.7 Å². The Morgan fingerprint density at radius 2 is 1.69 bits per heavy atom. The number of nitrogens with zero attached hydrogens (tertiary/aromatic N) is 2. The van der Waals surface area contributed by atoms with Crippen molar-refractivity contribution in [2.75, 3.05) is 5.32 Å². The van der Waals surface area contributed by atoms with E-state index in [1.165, 1.54) is 0 Å². The fourth-order valence-electron chi connectivity index (χ4n) is 2.91. The second kappa shape index (κ2) is 6.76. The second-order valence-electron chi connectivity index (χ2n) is 6.11. The Morgan fingerprint density at radius 1 is 0.923 bits per heavy atom. The largest absolute Gasteiger partial charge is 0.307 e. The highest BCUT2D eigenvalue weighted by Crippen LogP contribution is 2.25. The van der Waals surface area contributed by atoms with Crippen LogP contribution in [0.3, 0.4) is 0 Å². The van der Waals surface area contributed by atoms with Gasteiger partial charge in [-0.05, 0) is 36.8 Å². The van der Waals surface area contributed by atoms with Crippen molar-refractivity contribution in [1.82, 2.24) is 9.97 Å². The van der Waals surface area contributed by atoms with Crippen molar-refractivity contribution in [2.24, 2.45) is 0 Å². The van der Waals surface area contributed by atoms with E-state index in [2.05, 4.69) is 10.3 Å². The summed E-state index contributed by atoms with van der Waals surface area (Å²) in [7, 11) is 0. The van der Waals surface area contributed by atoms with Crippen molar-refractivity contribution >= 4 is 22.6 Å². The predicted molar refractivity (Wildman–Crippen MR) is 104 cm³/mol. The summed E-state index contributed by atoms with van der Waals surface area (Å²) < 4.78 is 0. The number of benzene rings is 2. The van der Waals surface area contributed by atoms with Crippen molar-refractivity contribution in [3.05, 3.63) is 90.1 Å². The number of para-hydroxylation sites is 1. The normalized spacial score (nSPS) is 10.7. The molecule has 4 heteroatoms. The van der Waals surface area contributed by atoms with Crippen LogP contribution in [0, 0.1) is 6.92 Å². The molecule has 0 radical (unpaired) electrons. The van der Waals surface area contributed by atoms with Gasteiger partial charge in [0.2, 0.25) is 0 Å². The Labute approximate surface area is 151 Å². The zero-order valence-corrected chi connectivity index (χ0v) is 14.3. The summed E-state index contributed by atoms with van der Waals surface area (Å²) in [6, 6.07) is 23.1. The maximum absolute atomic E-state index is 12.9. The third kappa shape index (κ3) is 3.17. The lowest BCUT2D eigenvalue weighted by atomic mass is 10.0. The predicted octanol–water partition coefficient (Wildman–Crippen LogP) is 4.86. The van der Waals surface area contributed by atoms with Gasteiger partial charge in [0.1, 0.15) is 5.82 Å². The molecule has 4 rings (SSSR count). The summed E-state index contributed by atoms with van der Waals surface area (Å²) in [5, 5.41) is 3.71. The number of pyridine rings is 2. The van der Waals surface area contributed by atoms with Gasteiger partial charge >= 0.3 is 0 Å². The van der Waals surface area contributed by atoms with Crippen LogP contribution in [0.25, 0.3) is 22.2 Å². The van der Waals surface area contributed by atoms with Gasteiger partial charge in [-0.15, -0.1) is 0 Å². The van der Waals surface area contributed by atoms with E-state index in [-0.39, 0.29) is 5.91 Å². The molecule has 0 spiro atoms. The van der Waals surface area contributed by atoms with Crippen LogP contribution in [0.1, 0.15) is 15.9 Å². The van der Waals surface area contributed by atoms with Crippen LogP contribution in [0.15, 0.2) is 79.0 Å². The maximum atomic E-state index is 12.9. The Kier molecular flexibility index (Phi) is 4.15. The third-order valence-electron chi connectivity index (χ3n) is 4.19. The van der Waals surface area contributed by atoms with Gasteiger partial charge in [0, 0.05) is 17.1 Å². The molecule has 2 aromatic heterocycles. The lowest BCUT2D eigenvalue weighted by molar-refractivity contribution is 0.102. The van der Waals surface area contributed by atoms with E-state index in [1.807, 2.05) is 79.7 Å². The van der Waals surface area contributed by atoms with Crippen LogP contribution in [0.5, 0.6) is 0 Å². The van der Waals surface area contributed by atoms with Crippen LogP contribution in [-0.2, 0) is 0 Å². The van der Waals surface area contributed by atoms with Crippen molar-refractivity contribution in [3.63, 3.8) is 0 Å². The highest BCUT2D eigenvalue weighted by Gasteiger charge is 2.14. The topological polar surface area (TPSA) is 54.9 Å². The van der Waals surface area contributed by atoms with Crippen LogP contribution in [-0.4, -0.2) is 15.9 Å². The van der Waals surface area contributed by atoms with Gasteiger partial charge in [0.05, 0.1) is 16.8 Å². The van der Waals surface area contributed by atoms with E-state index in [9.17, 15) is 4.79 Å². The van der Waals surface area contributed by atoms with E-state index in [4.69, 9.17) is 4.98 Å². The Hall–Kier alpha value is -3.53. The molecule has 2 aromatic carbocycles. The molecule has 0 fully saturated rings. The Bertz CT molecular complexity index is 1090. The minimum absolute atomic E-state index is 0.195. The molecule has 0 saturated heterocycles. The van der Waals surface area contributed by atoms with E-state index >= 15 is 0 Å². The molecule has 0 aliphatic heterocycles. The zero-order chi connectivity index (χ0) is 17.9. The number of carbonyl (C=O) groups excluding carboxylic acids is 1. The number of nitrogens with one attached hydrogen (secondary N) is 1. The van der Waals surface area contributed by atoms with Crippen LogP contribution < -0.4 is 5.32 Å². The quantitative estimate of drug-likeness (QED) is 0.580. The Morgan fingerprint density at radius 3 is 2.50 bits per heavy atom. The summed E-state index contributed by atoms with van der Waals surface area (Å²) in [6.07, 6.45) is 1.69. The molecule has 0 saturated carbocycles. The fraction of sp³-hybridized carbons (Fsp3) is 0.0455. The molecule has 0 unspecified atom stereocenters. The van der Waals surface area contributed by atoms with Gasteiger partial charge in [-0.3, -0.25) is 4.79 Å². The molecule has 4 aromatic rings. The molecule has 4 nitrogen and oxygen atoms in total. The third-order valence-corrected chi connectivity index (χ3v) is 4.19. The number of rotatable bonds is 3. The first-order valence-corrected chi connectivity index (χ1v) is 8.40. The highest BCUT2D eigenvalue weighted by molar-refractivity contribution is 6.12. The van der Waals surface area contributed by atoms with Gasteiger partial charge in [0.25, 0.3) is 5.91 Å². The second-order valence-corrected chi connectivity index (χ2v) is 6.11. The van der Waals surface area contributed by atoms with E-state index in [0.29, 0.717) is 11.4 Å². The maximum Gasteiger partial charge on any atom is 0.257 e. The smallest absolute Gasteiger partial charge is 0.257 e. The lowest BCUT2D eigenvalue weighted by Crippen LogP contribution is -2.14. The SMILES string of the molecule is Cc1ccnc(NC(=O)c2cc(-c3ccccc3)nc3ccccc23)c1. The van der Waals surface area contributed by atoms with Crippen LogP contribution in [0.4, 0.5) is 5.82 Å². The lowest BCUT2D eigenvalue weighted by Gasteiger charge is -2.10. The molecule has 0 atom stereocenters.